The van der Waals surface area contributed by atoms with Crippen molar-refractivity contribution in [2.24, 2.45) is 0 Å². The summed E-state index contributed by atoms with van der Waals surface area (Å²) < 4.78 is 5.13. The van der Waals surface area contributed by atoms with E-state index in [2.05, 4.69) is 52.8 Å². The second-order valence-corrected chi connectivity index (χ2v) is 8.07. The number of benzene rings is 1. The maximum absolute atomic E-state index is 11.5. The number of hydrogen-bond donors (Lipinski definition) is 1. The van der Waals surface area contributed by atoms with Gasteiger partial charge in [-0.25, -0.2) is 4.79 Å². The molecule has 0 atom stereocenters. The molecule has 0 spiro atoms. The zero-order valence-corrected chi connectivity index (χ0v) is 14.9. The van der Waals surface area contributed by atoms with Gasteiger partial charge in [-0.05, 0) is 41.0 Å². The van der Waals surface area contributed by atoms with Crippen LogP contribution in [0.1, 0.15) is 68.8 Å². The van der Waals surface area contributed by atoms with E-state index in [1.54, 1.807) is 6.92 Å². The Hall–Kier alpha value is -2.10. The number of rotatable bonds is 2. The first kappa shape index (κ1) is 17.3. The maximum atomic E-state index is 11.5. The van der Waals surface area contributed by atoms with E-state index in [-0.39, 0.29) is 16.4 Å². The molecule has 23 heavy (non-hydrogen) atoms. The quantitative estimate of drug-likeness (QED) is 0.852. The van der Waals surface area contributed by atoms with Crippen molar-refractivity contribution in [3.05, 3.63) is 40.6 Å². The van der Waals surface area contributed by atoms with Crippen molar-refractivity contribution in [2.75, 3.05) is 0 Å². The predicted octanol–water partition coefficient (Wildman–Crippen LogP) is 4.94. The van der Waals surface area contributed by atoms with Gasteiger partial charge in [-0.1, -0.05) is 52.8 Å². The Morgan fingerprint density at radius 2 is 1.48 bits per heavy atom. The Kier molecular flexibility index (Phi) is 4.14. The standard InChI is InChI=1S/C19H25NO3/c1-11-15(17(21)22)16(20-23-11)12-8-13(18(2,3)4)10-14(9-12)19(5,6)7/h8-10H,1-7H3,(H,21,22). The Morgan fingerprint density at radius 3 is 1.87 bits per heavy atom. The number of aromatic carboxylic acids is 1. The summed E-state index contributed by atoms with van der Waals surface area (Å²) in [7, 11) is 0. The van der Waals surface area contributed by atoms with Crippen molar-refractivity contribution in [3.8, 4) is 11.3 Å². The minimum absolute atomic E-state index is 0.0435. The molecule has 0 fully saturated rings. The lowest BCUT2D eigenvalue weighted by Gasteiger charge is -2.26. The Balaban J connectivity index is 2.75. The van der Waals surface area contributed by atoms with Crippen molar-refractivity contribution >= 4 is 5.97 Å². The predicted molar refractivity (Wildman–Crippen MR) is 91.0 cm³/mol. The lowest BCUT2D eigenvalue weighted by atomic mass is 9.79. The summed E-state index contributed by atoms with van der Waals surface area (Å²) in [6, 6.07) is 6.22. The lowest BCUT2D eigenvalue weighted by Crippen LogP contribution is -2.16. The summed E-state index contributed by atoms with van der Waals surface area (Å²) in [5.41, 5.74) is 3.53. The van der Waals surface area contributed by atoms with Gasteiger partial charge in [0, 0.05) is 5.56 Å². The van der Waals surface area contributed by atoms with Gasteiger partial charge in [0.1, 0.15) is 17.0 Å². The number of carboxylic acid groups (broad SMARTS) is 1. The third-order valence-electron chi connectivity index (χ3n) is 4.02. The average Bonchev–Trinajstić information content (AvgIpc) is 2.78. The third kappa shape index (κ3) is 3.46. The Morgan fingerprint density at radius 1 is 1.00 bits per heavy atom. The van der Waals surface area contributed by atoms with Crippen LogP contribution in [-0.2, 0) is 10.8 Å². The molecule has 0 bridgehead atoms. The van der Waals surface area contributed by atoms with Crippen molar-refractivity contribution in [2.45, 2.75) is 59.3 Å². The second kappa shape index (κ2) is 5.52. The molecule has 0 aliphatic carbocycles. The van der Waals surface area contributed by atoms with Crippen LogP contribution in [0.25, 0.3) is 11.3 Å². The summed E-state index contributed by atoms with van der Waals surface area (Å²) in [4.78, 5) is 11.5. The topological polar surface area (TPSA) is 63.3 Å². The van der Waals surface area contributed by atoms with E-state index in [1.165, 1.54) is 0 Å². The van der Waals surface area contributed by atoms with Crippen LogP contribution >= 0.6 is 0 Å². The van der Waals surface area contributed by atoms with Crippen LogP contribution in [0, 0.1) is 6.92 Å². The molecule has 4 nitrogen and oxygen atoms in total. The molecule has 1 aromatic heterocycles. The normalized spacial score (nSPS) is 12.5. The molecule has 1 N–H and O–H groups in total. The fourth-order valence-corrected chi connectivity index (χ4v) is 2.45. The smallest absolute Gasteiger partial charge is 0.341 e. The SMILES string of the molecule is Cc1onc(-c2cc(C(C)(C)C)cc(C(C)(C)C)c2)c1C(=O)O. The zero-order chi connectivity index (χ0) is 17.6. The van der Waals surface area contributed by atoms with Crippen molar-refractivity contribution < 1.29 is 14.4 Å². The molecule has 0 unspecified atom stereocenters. The van der Waals surface area contributed by atoms with Gasteiger partial charge >= 0.3 is 5.97 Å². The zero-order valence-electron chi connectivity index (χ0n) is 14.9. The molecule has 0 saturated heterocycles. The third-order valence-corrected chi connectivity index (χ3v) is 4.02. The Bertz CT molecular complexity index is 711. The molecule has 124 valence electrons. The molecule has 0 aliphatic heterocycles. The molecule has 0 amide bonds. The minimum Gasteiger partial charge on any atom is -0.477 e. The van der Waals surface area contributed by atoms with E-state index in [0.29, 0.717) is 11.5 Å². The van der Waals surface area contributed by atoms with E-state index in [0.717, 1.165) is 16.7 Å². The minimum atomic E-state index is -1.02. The molecule has 0 aliphatic rings. The fraction of sp³-hybridized carbons (Fsp3) is 0.474. The average molecular weight is 315 g/mol. The molecular weight excluding hydrogens is 290 g/mol. The highest BCUT2D eigenvalue weighted by atomic mass is 16.5. The monoisotopic (exact) mass is 315 g/mol. The van der Waals surface area contributed by atoms with Gasteiger partial charge < -0.3 is 9.63 Å². The molecule has 1 heterocycles. The first-order valence-corrected chi connectivity index (χ1v) is 7.77. The fourth-order valence-electron chi connectivity index (χ4n) is 2.45. The van der Waals surface area contributed by atoms with Gasteiger partial charge in [-0.3, -0.25) is 0 Å². The first-order chi connectivity index (χ1) is 10.4. The summed E-state index contributed by atoms with van der Waals surface area (Å²) >= 11 is 0. The summed E-state index contributed by atoms with van der Waals surface area (Å²) in [5, 5.41) is 13.5. The van der Waals surface area contributed by atoms with Gasteiger partial charge in [0.15, 0.2) is 0 Å². The van der Waals surface area contributed by atoms with Gasteiger partial charge in [-0.2, -0.15) is 0 Å². The largest absolute Gasteiger partial charge is 0.477 e. The Labute approximate surface area is 137 Å². The van der Waals surface area contributed by atoms with E-state index in [4.69, 9.17) is 4.52 Å². The van der Waals surface area contributed by atoms with Crippen molar-refractivity contribution in [1.29, 1.82) is 0 Å². The first-order valence-electron chi connectivity index (χ1n) is 7.77. The second-order valence-electron chi connectivity index (χ2n) is 8.07. The molecule has 0 saturated carbocycles. The highest BCUT2D eigenvalue weighted by Crippen LogP contribution is 2.35. The number of carbonyl (C=O) groups is 1. The number of aromatic nitrogens is 1. The van der Waals surface area contributed by atoms with Crippen LogP contribution in [0.2, 0.25) is 0 Å². The highest BCUT2D eigenvalue weighted by molar-refractivity contribution is 5.95. The van der Waals surface area contributed by atoms with Gasteiger partial charge in [0.2, 0.25) is 0 Å². The van der Waals surface area contributed by atoms with E-state index in [9.17, 15) is 9.90 Å². The van der Waals surface area contributed by atoms with E-state index < -0.39 is 5.97 Å². The van der Waals surface area contributed by atoms with Crippen LogP contribution in [-0.4, -0.2) is 16.2 Å². The summed E-state index contributed by atoms with van der Waals surface area (Å²) in [5.74, 6) is -0.691. The number of hydrogen-bond acceptors (Lipinski definition) is 3. The maximum Gasteiger partial charge on any atom is 0.341 e. The van der Waals surface area contributed by atoms with E-state index >= 15 is 0 Å². The molecule has 4 heteroatoms. The number of nitrogens with zero attached hydrogens (tertiary/aromatic N) is 1. The van der Waals surface area contributed by atoms with Gasteiger partial charge in [-0.15, -0.1) is 0 Å². The molecule has 2 aromatic rings. The van der Waals surface area contributed by atoms with Crippen LogP contribution in [0.4, 0.5) is 0 Å². The van der Waals surface area contributed by atoms with Crippen LogP contribution in [0.3, 0.4) is 0 Å². The summed E-state index contributed by atoms with van der Waals surface area (Å²) in [6.45, 7) is 14.5. The number of carboxylic acids is 1. The van der Waals surface area contributed by atoms with Gasteiger partial charge in [0.05, 0.1) is 0 Å². The molecule has 1 aromatic carbocycles. The lowest BCUT2D eigenvalue weighted by molar-refractivity contribution is 0.0695. The summed E-state index contributed by atoms with van der Waals surface area (Å²) in [6.07, 6.45) is 0. The number of aryl methyl sites for hydroxylation is 1. The highest BCUT2D eigenvalue weighted by Gasteiger charge is 2.25. The van der Waals surface area contributed by atoms with Crippen LogP contribution < -0.4 is 0 Å². The molecule has 0 radical (unpaired) electrons. The van der Waals surface area contributed by atoms with Crippen LogP contribution in [0.5, 0.6) is 0 Å². The van der Waals surface area contributed by atoms with Gasteiger partial charge in [0.25, 0.3) is 0 Å². The van der Waals surface area contributed by atoms with Crippen molar-refractivity contribution in [3.63, 3.8) is 0 Å². The molecular formula is C19H25NO3. The van der Waals surface area contributed by atoms with E-state index in [1.807, 2.05) is 12.1 Å². The molecule has 2 rings (SSSR count). The van der Waals surface area contributed by atoms with Crippen LogP contribution in [0.15, 0.2) is 22.7 Å². The van der Waals surface area contributed by atoms with Crippen molar-refractivity contribution in [1.82, 2.24) is 5.16 Å².